The molecule has 1 amide bonds. The van der Waals surface area contributed by atoms with Crippen LogP contribution in [0.2, 0.25) is 0 Å². The first-order valence-corrected chi connectivity index (χ1v) is 7.87. The maximum atomic E-state index is 12.4. The molecule has 1 unspecified atom stereocenters. The number of aliphatic carboxylic acids is 1. The molecular weight excluding hydrogens is 290 g/mol. The minimum absolute atomic E-state index is 0.0236. The van der Waals surface area contributed by atoms with Gasteiger partial charge < -0.3 is 15.2 Å². The summed E-state index contributed by atoms with van der Waals surface area (Å²) in [6, 6.07) is 1.86. The van der Waals surface area contributed by atoms with Crippen LogP contribution in [-0.4, -0.2) is 29.1 Å². The van der Waals surface area contributed by atoms with Crippen LogP contribution in [-0.2, 0) is 22.6 Å². The van der Waals surface area contributed by atoms with Gasteiger partial charge in [-0.15, -0.1) is 11.3 Å². The van der Waals surface area contributed by atoms with E-state index in [4.69, 9.17) is 9.84 Å². The first kappa shape index (κ1) is 16.0. The molecule has 0 aromatic carbocycles. The van der Waals surface area contributed by atoms with Crippen LogP contribution in [0.15, 0.2) is 6.07 Å². The van der Waals surface area contributed by atoms with Gasteiger partial charge in [0.15, 0.2) is 0 Å². The predicted octanol–water partition coefficient (Wildman–Crippen LogP) is 2.44. The van der Waals surface area contributed by atoms with E-state index in [1.54, 1.807) is 6.92 Å². The number of amides is 1. The molecule has 2 heterocycles. The number of carbonyl (C=O) groups excluding carboxylic acids is 1. The molecule has 6 heteroatoms. The summed E-state index contributed by atoms with van der Waals surface area (Å²) in [7, 11) is 0. The quantitative estimate of drug-likeness (QED) is 0.876. The van der Waals surface area contributed by atoms with Gasteiger partial charge in [-0.3, -0.25) is 9.59 Å². The van der Waals surface area contributed by atoms with Crippen molar-refractivity contribution in [2.45, 2.75) is 45.8 Å². The van der Waals surface area contributed by atoms with Crippen LogP contribution in [0.4, 0.5) is 0 Å². The van der Waals surface area contributed by atoms with E-state index in [-0.39, 0.29) is 18.2 Å². The van der Waals surface area contributed by atoms with Gasteiger partial charge >= 0.3 is 5.97 Å². The van der Waals surface area contributed by atoms with Gasteiger partial charge in [0.05, 0.1) is 30.1 Å². The van der Waals surface area contributed by atoms with E-state index in [2.05, 4.69) is 5.32 Å². The summed E-state index contributed by atoms with van der Waals surface area (Å²) >= 11 is 1.48. The largest absolute Gasteiger partial charge is 0.481 e. The van der Waals surface area contributed by atoms with Gasteiger partial charge in [-0.25, -0.2) is 0 Å². The molecule has 1 aliphatic rings. The van der Waals surface area contributed by atoms with Crippen LogP contribution < -0.4 is 5.32 Å². The predicted molar refractivity (Wildman–Crippen MR) is 80.6 cm³/mol. The number of hydrogen-bond donors (Lipinski definition) is 2. The third-order valence-corrected chi connectivity index (χ3v) is 5.28. The van der Waals surface area contributed by atoms with Crippen LogP contribution in [0.1, 0.15) is 47.3 Å². The van der Waals surface area contributed by atoms with Gasteiger partial charge in [0.1, 0.15) is 0 Å². The van der Waals surface area contributed by atoms with Crippen molar-refractivity contribution in [3.8, 4) is 0 Å². The van der Waals surface area contributed by atoms with Crippen molar-refractivity contribution in [2.24, 2.45) is 5.92 Å². The number of hydrogen-bond acceptors (Lipinski definition) is 4. The average Bonchev–Trinajstić information content (AvgIpc) is 2.81. The molecule has 1 aromatic rings. The monoisotopic (exact) mass is 311 g/mol. The van der Waals surface area contributed by atoms with Gasteiger partial charge in [-0.1, -0.05) is 13.8 Å². The van der Waals surface area contributed by atoms with Crippen molar-refractivity contribution in [3.05, 3.63) is 21.4 Å². The van der Waals surface area contributed by atoms with E-state index < -0.39 is 11.5 Å². The second-order valence-electron chi connectivity index (χ2n) is 5.96. The Morgan fingerprint density at radius 3 is 2.81 bits per heavy atom. The number of nitrogens with one attached hydrogen (secondary N) is 1. The van der Waals surface area contributed by atoms with Gasteiger partial charge in [-0.2, -0.15) is 0 Å². The second kappa shape index (κ2) is 6.15. The van der Waals surface area contributed by atoms with Crippen LogP contribution >= 0.6 is 11.3 Å². The molecule has 1 atom stereocenters. The Morgan fingerprint density at radius 2 is 2.24 bits per heavy atom. The third kappa shape index (κ3) is 3.63. The SMILES string of the molecule is CC(C)C(C)(CC(=O)O)NC(=O)c1cc2c(s1)CCOC2. The molecule has 5 nitrogen and oxygen atoms in total. The lowest BCUT2D eigenvalue weighted by atomic mass is 9.85. The second-order valence-corrected chi connectivity index (χ2v) is 7.10. The molecule has 1 aromatic heterocycles. The van der Waals surface area contributed by atoms with Gasteiger partial charge in [0, 0.05) is 11.3 Å². The topological polar surface area (TPSA) is 75.6 Å². The van der Waals surface area contributed by atoms with Crippen molar-refractivity contribution in [2.75, 3.05) is 6.61 Å². The summed E-state index contributed by atoms with van der Waals surface area (Å²) in [5.74, 6) is -1.09. The van der Waals surface area contributed by atoms with Crippen LogP contribution in [0.25, 0.3) is 0 Å². The smallest absolute Gasteiger partial charge is 0.305 e. The summed E-state index contributed by atoms with van der Waals surface area (Å²) in [6.07, 6.45) is 0.745. The summed E-state index contributed by atoms with van der Waals surface area (Å²) < 4.78 is 5.38. The molecule has 0 spiro atoms. The Labute approximate surface area is 128 Å². The molecule has 2 rings (SSSR count). The summed E-state index contributed by atoms with van der Waals surface area (Å²) in [6.45, 7) is 6.85. The minimum Gasteiger partial charge on any atom is -0.481 e. The lowest BCUT2D eigenvalue weighted by Crippen LogP contribution is -2.51. The Bertz CT molecular complexity index is 528. The van der Waals surface area contributed by atoms with Crippen molar-refractivity contribution < 1.29 is 19.4 Å². The number of rotatable bonds is 5. The molecule has 21 heavy (non-hydrogen) atoms. The Balaban J connectivity index is 2.15. The van der Waals surface area contributed by atoms with Crippen molar-refractivity contribution in [3.63, 3.8) is 0 Å². The Morgan fingerprint density at radius 1 is 1.52 bits per heavy atom. The van der Waals surface area contributed by atoms with Crippen molar-refractivity contribution in [1.29, 1.82) is 0 Å². The highest BCUT2D eigenvalue weighted by Crippen LogP contribution is 2.28. The number of carboxylic acids is 1. The number of carbonyl (C=O) groups is 2. The maximum absolute atomic E-state index is 12.4. The zero-order valence-electron chi connectivity index (χ0n) is 12.6. The third-order valence-electron chi connectivity index (χ3n) is 4.04. The van der Waals surface area contributed by atoms with E-state index in [9.17, 15) is 9.59 Å². The summed E-state index contributed by atoms with van der Waals surface area (Å²) in [5.41, 5.74) is 0.310. The number of ether oxygens (including phenoxy) is 1. The van der Waals surface area contributed by atoms with E-state index >= 15 is 0 Å². The number of fused-ring (bicyclic) bond motifs is 1. The lowest BCUT2D eigenvalue weighted by Gasteiger charge is -2.33. The fraction of sp³-hybridized carbons (Fsp3) is 0.600. The van der Waals surface area contributed by atoms with E-state index in [0.29, 0.717) is 18.1 Å². The van der Waals surface area contributed by atoms with Crippen molar-refractivity contribution >= 4 is 23.2 Å². The first-order chi connectivity index (χ1) is 9.82. The van der Waals surface area contributed by atoms with Gasteiger partial charge in [0.2, 0.25) is 0 Å². The molecule has 116 valence electrons. The highest BCUT2D eigenvalue weighted by Gasteiger charge is 2.33. The van der Waals surface area contributed by atoms with Crippen LogP contribution in [0, 0.1) is 5.92 Å². The highest BCUT2D eigenvalue weighted by molar-refractivity contribution is 7.14. The molecule has 0 fully saturated rings. The van der Waals surface area contributed by atoms with Gasteiger partial charge in [0.25, 0.3) is 5.91 Å². The van der Waals surface area contributed by atoms with Crippen LogP contribution in [0.3, 0.4) is 0 Å². The zero-order valence-corrected chi connectivity index (χ0v) is 13.4. The number of thiophene rings is 1. The first-order valence-electron chi connectivity index (χ1n) is 7.05. The average molecular weight is 311 g/mol. The molecule has 0 radical (unpaired) electrons. The molecule has 1 aliphatic heterocycles. The van der Waals surface area contributed by atoms with Crippen molar-refractivity contribution in [1.82, 2.24) is 5.32 Å². The normalized spacial score (nSPS) is 17.1. The standard InChI is InChI=1S/C15H21NO4S/c1-9(2)15(3,7-13(17)18)16-14(19)12-6-10-8-20-5-4-11(10)21-12/h6,9H,4-5,7-8H2,1-3H3,(H,16,19)(H,17,18). The van der Waals surface area contributed by atoms with E-state index in [1.165, 1.54) is 16.2 Å². The number of carboxylic acid groups (broad SMARTS) is 1. The van der Waals surface area contributed by atoms with Gasteiger partial charge in [-0.05, 0) is 24.5 Å². The zero-order chi connectivity index (χ0) is 15.6. The molecule has 0 bridgehead atoms. The Kier molecular flexibility index (Phi) is 4.68. The lowest BCUT2D eigenvalue weighted by molar-refractivity contribution is -0.138. The molecular formula is C15H21NO4S. The maximum Gasteiger partial charge on any atom is 0.305 e. The molecule has 2 N–H and O–H groups in total. The minimum atomic E-state index is -0.912. The fourth-order valence-electron chi connectivity index (χ4n) is 2.29. The molecule has 0 saturated heterocycles. The molecule has 0 saturated carbocycles. The van der Waals surface area contributed by atoms with Crippen LogP contribution in [0.5, 0.6) is 0 Å². The molecule has 0 aliphatic carbocycles. The Hall–Kier alpha value is -1.40. The van der Waals surface area contributed by atoms with E-state index in [1.807, 2.05) is 19.9 Å². The summed E-state index contributed by atoms with van der Waals surface area (Å²) in [4.78, 5) is 25.3. The highest BCUT2D eigenvalue weighted by atomic mass is 32.1. The summed E-state index contributed by atoms with van der Waals surface area (Å²) in [5, 5.41) is 11.9. The fourth-order valence-corrected chi connectivity index (χ4v) is 3.33. The van der Waals surface area contributed by atoms with E-state index in [0.717, 1.165) is 12.0 Å².